The Kier molecular flexibility index (Phi) is 8.45. The topological polar surface area (TPSA) is 168 Å². The summed E-state index contributed by atoms with van der Waals surface area (Å²) in [5, 5.41) is 32.5. The number of benzene rings is 2. The number of halogens is 2. The van der Waals surface area contributed by atoms with Crippen LogP contribution in [0.2, 0.25) is 10.0 Å². The lowest BCUT2D eigenvalue weighted by atomic mass is 9.96. The number of hydrogen-bond donors (Lipinski definition) is 5. The predicted molar refractivity (Wildman–Crippen MR) is 150 cm³/mol. The molecule has 0 spiro atoms. The number of nitrogens with one attached hydrogen (secondary N) is 3. The van der Waals surface area contributed by atoms with Crippen molar-refractivity contribution in [2.45, 2.75) is 37.6 Å². The second kappa shape index (κ2) is 12.0. The molecular weight excluding hydrogens is 575 g/mol. The maximum Gasteiger partial charge on any atom is 0.317 e. The molecule has 0 radical (unpaired) electrons. The summed E-state index contributed by atoms with van der Waals surface area (Å²) in [5.74, 6) is -0.843. The number of fused-ring (bicyclic) bond motifs is 2. The average molecular weight is 603 g/mol. The molecular formula is C27H28Cl2N6O6. The second-order valence-electron chi connectivity index (χ2n) is 10.1. The van der Waals surface area contributed by atoms with Crippen molar-refractivity contribution in [3.05, 3.63) is 62.8 Å². The highest BCUT2D eigenvalue weighted by Gasteiger charge is 2.30. The summed E-state index contributed by atoms with van der Waals surface area (Å²) in [6, 6.07) is 5.31. The third-order valence-electron chi connectivity index (χ3n) is 7.40. The minimum Gasteiger partial charge on any atom is -0.390 e. The van der Waals surface area contributed by atoms with E-state index in [1.807, 2.05) is 6.07 Å². The predicted octanol–water partition coefficient (Wildman–Crippen LogP) is 1.50. The first-order chi connectivity index (χ1) is 19.7. The van der Waals surface area contributed by atoms with E-state index in [2.05, 4.69) is 20.8 Å². The van der Waals surface area contributed by atoms with E-state index >= 15 is 0 Å². The maximum atomic E-state index is 13.2. The third kappa shape index (κ3) is 6.01. The number of likely N-dealkylation sites (tertiary alicyclic amines) is 1. The summed E-state index contributed by atoms with van der Waals surface area (Å²) in [5.41, 5.74) is 2.68. The van der Waals surface area contributed by atoms with Crippen molar-refractivity contribution in [2.24, 2.45) is 0 Å². The summed E-state index contributed by atoms with van der Waals surface area (Å²) < 4.78 is 0. The fourth-order valence-electron chi connectivity index (χ4n) is 5.07. The Bertz CT molecular complexity index is 1510. The molecule has 0 aliphatic carbocycles. The van der Waals surface area contributed by atoms with Crippen LogP contribution in [-0.2, 0) is 17.8 Å². The van der Waals surface area contributed by atoms with Crippen LogP contribution in [0.25, 0.3) is 10.9 Å². The Balaban J connectivity index is 1.23. The molecule has 216 valence electrons. The van der Waals surface area contributed by atoms with Gasteiger partial charge in [-0.3, -0.25) is 14.7 Å². The van der Waals surface area contributed by atoms with E-state index in [0.29, 0.717) is 35.9 Å². The quantitative estimate of drug-likeness (QED) is 0.266. The Morgan fingerprint density at radius 1 is 1.15 bits per heavy atom. The lowest BCUT2D eigenvalue weighted by Gasteiger charge is -2.33. The lowest BCUT2D eigenvalue weighted by Crippen LogP contribution is -2.54. The molecule has 5 rings (SSSR count). The van der Waals surface area contributed by atoms with Gasteiger partial charge in [0.2, 0.25) is 0 Å². The van der Waals surface area contributed by atoms with Gasteiger partial charge in [0, 0.05) is 37.1 Å². The van der Waals surface area contributed by atoms with Crippen LogP contribution in [0.15, 0.2) is 30.5 Å². The molecule has 2 aromatic carbocycles. The van der Waals surface area contributed by atoms with Crippen LogP contribution < -0.4 is 10.6 Å². The van der Waals surface area contributed by atoms with Gasteiger partial charge in [0.05, 0.1) is 46.1 Å². The Morgan fingerprint density at radius 2 is 1.95 bits per heavy atom. The number of amides is 4. The number of aldehydes is 1. The molecule has 1 fully saturated rings. The molecule has 1 aromatic heterocycles. The molecule has 0 saturated carbocycles. The molecule has 0 unspecified atom stereocenters. The first-order valence-electron chi connectivity index (χ1n) is 13.0. The number of rotatable bonds is 6. The van der Waals surface area contributed by atoms with E-state index in [1.165, 1.54) is 4.90 Å². The average Bonchev–Trinajstić information content (AvgIpc) is 3.44. The monoisotopic (exact) mass is 602 g/mol. The minimum absolute atomic E-state index is 0.00266. The van der Waals surface area contributed by atoms with Crippen molar-refractivity contribution < 1.29 is 29.4 Å². The Labute approximate surface area is 244 Å². The fraction of sp³-hybridized carbons (Fsp3) is 0.370. The zero-order valence-corrected chi connectivity index (χ0v) is 23.3. The summed E-state index contributed by atoms with van der Waals surface area (Å²) in [4.78, 5) is 53.4. The summed E-state index contributed by atoms with van der Waals surface area (Å²) in [7, 11) is 0. The molecule has 41 heavy (non-hydrogen) atoms. The molecule has 2 aliphatic rings. The Morgan fingerprint density at radius 3 is 2.71 bits per heavy atom. The van der Waals surface area contributed by atoms with Crippen molar-refractivity contribution in [3.8, 4) is 0 Å². The number of carbonyl (C=O) groups excluding carboxylic acids is 4. The maximum absolute atomic E-state index is 13.2. The number of aromatic amines is 1. The third-order valence-corrected chi connectivity index (χ3v) is 8.11. The van der Waals surface area contributed by atoms with Crippen LogP contribution in [0.4, 0.5) is 4.79 Å². The van der Waals surface area contributed by atoms with E-state index in [4.69, 9.17) is 23.2 Å². The molecule has 14 heteroatoms. The van der Waals surface area contributed by atoms with Crippen LogP contribution in [-0.4, -0.2) is 98.8 Å². The fourth-order valence-corrected chi connectivity index (χ4v) is 5.84. The van der Waals surface area contributed by atoms with Crippen LogP contribution >= 0.6 is 23.2 Å². The smallest absolute Gasteiger partial charge is 0.317 e. The van der Waals surface area contributed by atoms with E-state index in [-0.39, 0.29) is 54.1 Å². The summed E-state index contributed by atoms with van der Waals surface area (Å²) in [6.45, 7) is 0.617. The van der Waals surface area contributed by atoms with Crippen molar-refractivity contribution in [1.82, 2.24) is 30.6 Å². The van der Waals surface area contributed by atoms with E-state index in [0.717, 1.165) is 10.9 Å². The van der Waals surface area contributed by atoms with Crippen LogP contribution in [0.1, 0.15) is 38.3 Å². The molecule has 2 aliphatic heterocycles. The van der Waals surface area contributed by atoms with Crippen molar-refractivity contribution in [1.29, 1.82) is 0 Å². The zero-order chi connectivity index (χ0) is 29.3. The van der Waals surface area contributed by atoms with Gasteiger partial charge in [-0.2, -0.15) is 5.10 Å². The number of aromatic nitrogens is 2. The molecule has 4 amide bonds. The summed E-state index contributed by atoms with van der Waals surface area (Å²) >= 11 is 13.1. The number of hydrogen-bond acceptors (Lipinski definition) is 7. The van der Waals surface area contributed by atoms with E-state index in [9.17, 15) is 29.4 Å². The van der Waals surface area contributed by atoms with E-state index in [1.54, 1.807) is 29.3 Å². The molecule has 5 N–H and O–H groups in total. The first kappa shape index (κ1) is 28.8. The number of aliphatic hydroxyl groups is 2. The Hall–Kier alpha value is -3.71. The first-order valence-corrected chi connectivity index (χ1v) is 13.8. The van der Waals surface area contributed by atoms with Gasteiger partial charge in [-0.15, -0.1) is 0 Å². The molecule has 3 aromatic rings. The lowest BCUT2D eigenvalue weighted by molar-refractivity contribution is -0.109. The van der Waals surface area contributed by atoms with Crippen LogP contribution in [0.5, 0.6) is 0 Å². The molecule has 0 bridgehead atoms. The number of aliphatic hydroxyl groups excluding tert-OH is 2. The molecule has 3 atom stereocenters. The van der Waals surface area contributed by atoms with Crippen molar-refractivity contribution in [2.75, 3.05) is 26.2 Å². The van der Waals surface area contributed by atoms with Crippen molar-refractivity contribution in [3.63, 3.8) is 0 Å². The summed E-state index contributed by atoms with van der Waals surface area (Å²) in [6.07, 6.45) is 0.837. The highest BCUT2D eigenvalue weighted by atomic mass is 35.5. The number of piperidine rings is 1. The van der Waals surface area contributed by atoms with Gasteiger partial charge >= 0.3 is 6.03 Å². The minimum atomic E-state index is -1.07. The normalized spacial score (nSPS) is 19.4. The number of β-amino-alcohol motifs (C(OH)–C–C–N with tert-alkyl or cyclic N) is 1. The van der Waals surface area contributed by atoms with Gasteiger partial charge in [0.25, 0.3) is 11.8 Å². The number of H-pyrrole nitrogens is 1. The highest BCUT2D eigenvalue weighted by Crippen LogP contribution is 2.35. The second-order valence-corrected chi connectivity index (χ2v) is 10.9. The number of nitrogens with zero attached hydrogens (tertiary/aromatic N) is 3. The molecule has 3 heterocycles. The van der Waals surface area contributed by atoms with Gasteiger partial charge in [-0.05, 0) is 42.2 Å². The number of carbonyl (C=O) groups is 4. The van der Waals surface area contributed by atoms with Gasteiger partial charge in [-0.25, -0.2) is 4.79 Å². The van der Waals surface area contributed by atoms with Gasteiger partial charge in [-0.1, -0.05) is 29.3 Å². The molecule has 1 saturated heterocycles. The van der Waals surface area contributed by atoms with Gasteiger partial charge in [0.1, 0.15) is 12.3 Å². The van der Waals surface area contributed by atoms with Crippen LogP contribution in [0.3, 0.4) is 0 Å². The highest BCUT2D eigenvalue weighted by molar-refractivity contribution is 6.40. The molecule has 12 nitrogen and oxygen atoms in total. The number of urea groups is 1. The van der Waals surface area contributed by atoms with Gasteiger partial charge in [0.15, 0.2) is 0 Å². The standard InChI is InChI=1S/C27H28Cl2N6O6/c28-19-7-16-11-34(26(40)14-1-2-15-9-31-33-20(15)8-14)5-3-18(16)24(29)23(19)25(39)32-17(13-36)10-30-27(41)35-6-4-21(37)22(38)12-35/h1-2,7-9,13,17,21-22,37-38H,3-6,10-12H2,(H,30,41)(H,31,33)(H,32,39)/t17-,21+,22-/m0/s1. The zero-order valence-electron chi connectivity index (χ0n) is 21.8. The van der Waals surface area contributed by atoms with Gasteiger partial charge < -0.3 is 35.4 Å². The SMILES string of the molecule is O=C[C@H](CNC(=O)N1CC[C@@H](O)[C@@H](O)C1)NC(=O)c1c(Cl)cc2c(c1Cl)CCN(C(=O)c1ccc3cn[nH]c3c1)C2. The largest absolute Gasteiger partial charge is 0.390 e. The van der Waals surface area contributed by atoms with Crippen molar-refractivity contribution >= 4 is 58.2 Å². The van der Waals surface area contributed by atoms with E-state index < -0.39 is 30.2 Å². The van der Waals surface area contributed by atoms with Crippen LogP contribution in [0, 0.1) is 0 Å².